The molecule has 6 nitrogen and oxygen atoms in total. The maximum Gasteiger partial charge on any atom is 0.331 e. The molecule has 1 N–H and O–H groups in total. The lowest BCUT2D eigenvalue weighted by atomic mass is 10.2. The molecule has 0 atom stereocenters. The van der Waals surface area contributed by atoms with Gasteiger partial charge in [0.25, 0.3) is 5.56 Å². The van der Waals surface area contributed by atoms with Crippen molar-refractivity contribution in [1.29, 1.82) is 0 Å². The summed E-state index contributed by atoms with van der Waals surface area (Å²) in [5, 5.41) is 3.11. The third-order valence-corrected chi connectivity index (χ3v) is 3.13. The molecule has 0 radical (unpaired) electrons. The lowest BCUT2D eigenvalue weighted by molar-refractivity contribution is 0.570. The van der Waals surface area contributed by atoms with Crippen LogP contribution in [0.5, 0.6) is 0 Å². The van der Waals surface area contributed by atoms with Gasteiger partial charge >= 0.3 is 5.69 Å². The molecule has 21 heavy (non-hydrogen) atoms. The first kappa shape index (κ1) is 15.0. The number of nitrogens with zero attached hydrogens (tertiary/aromatic N) is 3. The van der Waals surface area contributed by atoms with Crippen molar-refractivity contribution in [1.82, 2.24) is 14.1 Å². The summed E-state index contributed by atoms with van der Waals surface area (Å²) in [6, 6.07) is 5.10. The Morgan fingerprint density at radius 2 is 2.05 bits per heavy atom. The topological polar surface area (TPSA) is 68.9 Å². The average molecular weight is 288 g/mol. The monoisotopic (exact) mass is 288 g/mol. The molecular weight excluding hydrogens is 268 g/mol. The van der Waals surface area contributed by atoms with Crippen molar-refractivity contribution in [3.63, 3.8) is 0 Å². The standard InChI is InChI=1S/C15H20N4O2/c1-3-8-18-9-6-14(20)19(15(18)21)11-12-5-7-17-13(10-12)16-4-2/h5-7,9-10H,3-4,8,11H2,1-2H3,(H,16,17). The van der Waals surface area contributed by atoms with Crippen molar-refractivity contribution in [3.05, 3.63) is 57.0 Å². The summed E-state index contributed by atoms with van der Waals surface area (Å²) in [7, 11) is 0. The molecule has 2 rings (SSSR count). The van der Waals surface area contributed by atoms with Crippen molar-refractivity contribution in [2.45, 2.75) is 33.4 Å². The Hall–Kier alpha value is -2.37. The summed E-state index contributed by atoms with van der Waals surface area (Å²) in [5.41, 5.74) is 0.315. The Kier molecular flexibility index (Phi) is 4.92. The maximum atomic E-state index is 12.3. The highest BCUT2D eigenvalue weighted by Crippen LogP contribution is 2.06. The Bertz CT molecular complexity index is 718. The van der Waals surface area contributed by atoms with E-state index < -0.39 is 0 Å². The van der Waals surface area contributed by atoms with Crippen molar-refractivity contribution >= 4 is 5.82 Å². The molecule has 2 aromatic rings. The zero-order valence-electron chi connectivity index (χ0n) is 12.4. The Morgan fingerprint density at radius 3 is 2.76 bits per heavy atom. The van der Waals surface area contributed by atoms with Crippen LogP contribution >= 0.6 is 0 Å². The molecule has 2 heterocycles. The fourth-order valence-corrected chi connectivity index (χ4v) is 2.15. The minimum Gasteiger partial charge on any atom is -0.370 e. The first-order chi connectivity index (χ1) is 10.2. The van der Waals surface area contributed by atoms with Crippen molar-refractivity contribution < 1.29 is 0 Å². The number of aryl methyl sites for hydroxylation is 1. The molecule has 0 amide bonds. The smallest absolute Gasteiger partial charge is 0.331 e. The van der Waals surface area contributed by atoms with Gasteiger partial charge in [0, 0.05) is 31.5 Å². The van der Waals surface area contributed by atoms with Crippen LogP contribution in [0, 0.1) is 0 Å². The number of aromatic nitrogens is 3. The van der Waals surface area contributed by atoms with Crippen LogP contribution in [-0.4, -0.2) is 20.7 Å². The van der Waals surface area contributed by atoms with E-state index in [1.165, 1.54) is 10.6 Å². The SMILES string of the molecule is CCCn1ccc(=O)n(Cc2ccnc(NCC)c2)c1=O. The molecule has 0 aliphatic heterocycles. The van der Waals surface area contributed by atoms with Gasteiger partial charge in [0.1, 0.15) is 5.82 Å². The van der Waals surface area contributed by atoms with E-state index in [-0.39, 0.29) is 17.8 Å². The maximum absolute atomic E-state index is 12.3. The summed E-state index contributed by atoms with van der Waals surface area (Å²) < 4.78 is 2.81. The van der Waals surface area contributed by atoms with Crippen molar-refractivity contribution in [2.24, 2.45) is 0 Å². The Morgan fingerprint density at radius 1 is 1.24 bits per heavy atom. The Balaban J connectivity index is 2.35. The van der Waals surface area contributed by atoms with Crippen molar-refractivity contribution in [3.8, 4) is 0 Å². The lowest BCUT2D eigenvalue weighted by Crippen LogP contribution is -2.39. The highest BCUT2D eigenvalue weighted by atomic mass is 16.2. The second kappa shape index (κ2) is 6.88. The predicted molar refractivity (Wildman–Crippen MR) is 82.8 cm³/mol. The fourth-order valence-electron chi connectivity index (χ4n) is 2.15. The zero-order valence-corrected chi connectivity index (χ0v) is 12.4. The minimum absolute atomic E-state index is 0.253. The van der Waals surface area contributed by atoms with Crippen LogP contribution in [0.2, 0.25) is 0 Å². The third-order valence-electron chi connectivity index (χ3n) is 3.13. The minimum atomic E-state index is -0.283. The molecule has 2 aromatic heterocycles. The first-order valence-corrected chi connectivity index (χ1v) is 7.14. The first-order valence-electron chi connectivity index (χ1n) is 7.14. The van der Waals surface area contributed by atoms with Crippen LogP contribution in [-0.2, 0) is 13.1 Å². The second-order valence-corrected chi connectivity index (χ2v) is 4.80. The van der Waals surface area contributed by atoms with Crippen LogP contribution in [0.4, 0.5) is 5.82 Å². The van der Waals surface area contributed by atoms with Crippen molar-refractivity contribution in [2.75, 3.05) is 11.9 Å². The van der Waals surface area contributed by atoms with E-state index in [1.54, 1.807) is 17.0 Å². The van der Waals surface area contributed by atoms with Gasteiger partial charge in [0.05, 0.1) is 6.54 Å². The van der Waals surface area contributed by atoms with E-state index >= 15 is 0 Å². The second-order valence-electron chi connectivity index (χ2n) is 4.80. The number of hydrogen-bond acceptors (Lipinski definition) is 4. The van der Waals surface area contributed by atoms with Gasteiger partial charge in [-0.2, -0.15) is 0 Å². The zero-order chi connectivity index (χ0) is 15.2. The molecule has 0 saturated carbocycles. The molecule has 0 aliphatic carbocycles. The summed E-state index contributed by atoms with van der Waals surface area (Å²) in [6.45, 7) is 5.61. The molecular formula is C15H20N4O2. The van der Waals surface area contributed by atoms with Gasteiger partial charge < -0.3 is 9.88 Å². The molecule has 0 saturated heterocycles. The van der Waals surface area contributed by atoms with E-state index in [0.717, 1.165) is 24.3 Å². The van der Waals surface area contributed by atoms with E-state index in [1.807, 2.05) is 26.0 Å². The molecule has 0 aromatic carbocycles. The number of hydrogen-bond donors (Lipinski definition) is 1. The predicted octanol–water partition coefficient (Wildman–Crippen LogP) is 1.30. The van der Waals surface area contributed by atoms with E-state index in [4.69, 9.17) is 0 Å². The summed E-state index contributed by atoms with van der Waals surface area (Å²) in [4.78, 5) is 28.4. The molecule has 0 aliphatic rings. The third kappa shape index (κ3) is 3.59. The number of pyridine rings is 1. The van der Waals surface area contributed by atoms with Crippen LogP contribution in [0.25, 0.3) is 0 Å². The van der Waals surface area contributed by atoms with Gasteiger partial charge in [0.15, 0.2) is 0 Å². The van der Waals surface area contributed by atoms with Crippen LogP contribution in [0.15, 0.2) is 40.2 Å². The van der Waals surface area contributed by atoms with Crippen LogP contribution in [0.1, 0.15) is 25.8 Å². The molecule has 0 spiro atoms. The van der Waals surface area contributed by atoms with Gasteiger partial charge in [-0.15, -0.1) is 0 Å². The molecule has 112 valence electrons. The van der Waals surface area contributed by atoms with Gasteiger partial charge in [-0.3, -0.25) is 9.36 Å². The van der Waals surface area contributed by atoms with Gasteiger partial charge in [-0.25, -0.2) is 9.78 Å². The van der Waals surface area contributed by atoms with Gasteiger partial charge in [-0.1, -0.05) is 6.92 Å². The highest BCUT2D eigenvalue weighted by molar-refractivity contribution is 5.37. The van der Waals surface area contributed by atoms with E-state index in [0.29, 0.717) is 6.54 Å². The normalized spacial score (nSPS) is 10.6. The number of rotatable bonds is 6. The summed E-state index contributed by atoms with van der Waals surface area (Å²) in [5.74, 6) is 0.743. The van der Waals surface area contributed by atoms with Crippen LogP contribution < -0.4 is 16.6 Å². The molecule has 0 bridgehead atoms. The van der Waals surface area contributed by atoms with Gasteiger partial charge in [-0.05, 0) is 31.0 Å². The fraction of sp³-hybridized carbons (Fsp3) is 0.400. The molecule has 6 heteroatoms. The average Bonchev–Trinajstić information content (AvgIpc) is 2.47. The largest absolute Gasteiger partial charge is 0.370 e. The summed E-state index contributed by atoms with van der Waals surface area (Å²) in [6.07, 6.45) is 4.07. The lowest BCUT2D eigenvalue weighted by Gasteiger charge is -2.10. The van der Waals surface area contributed by atoms with E-state index in [9.17, 15) is 9.59 Å². The summed E-state index contributed by atoms with van der Waals surface area (Å²) >= 11 is 0. The Labute approximate surface area is 123 Å². The molecule has 0 unspecified atom stereocenters. The highest BCUT2D eigenvalue weighted by Gasteiger charge is 2.06. The van der Waals surface area contributed by atoms with E-state index in [2.05, 4.69) is 10.3 Å². The van der Waals surface area contributed by atoms with Gasteiger partial charge in [0.2, 0.25) is 0 Å². The van der Waals surface area contributed by atoms with Crippen LogP contribution in [0.3, 0.4) is 0 Å². The number of nitrogens with one attached hydrogen (secondary N) is 1. The quantitative estimate of drug-likeness (QED) is 0.870. The number of anilines is 1. The molecule has 0 fully saturated rings.